The van der Waals surface area contributed by atoms with Crippen LogP contribution in [0.5, 0.6) is 17.2 Å². The van der Waals surface area contributed by atoms with E-state index in [0.717, 1.165) is 39.5 Å². The van der Waals surface area contributed by atoms with Gasteiger partial charge in [-0.15, -0.1) is 0 Å². The summed E-state index contributed by atoms with van der Waals surface area (Å²) in [6.45, 7) is 0. The van der Waals surface area contributed by atoms with Crippen LogP contribution in [-0.2, 0) is 4.79 Å². The third kappa shape index (κ3) is 3.75. The highest BCUT2D eigenvalue weighted by molar-refractivity contribution is 6.01. The number of benzene rings is 3. The number of carbonyl (C=O) groups is 1. The van der Waals surface area contributed by atoms with E-state index in [2.05, 4.69) is 10.6 Å². The molecule has 3 aromatic rings. The first-order valence-electron chi connectivity index (χ1n) is 11.4. The number of Topliss-reactive ketones (excluding diaryl/α,β-unsaturated/α-hetero) is 1. The van der Waals surface area contributed by atoms with Crippen LogP contribution in [0.25, 0.3) is 0 Å². The maximum atomic E-state index is 13.8. The summed E-state index contributed by atoms with van der Waals surface area (Å²) in [4.78, 5) is 13.8. The standard InChI is InChI=1S/C28H28N2O4/c1-32-24-13-7-4-9-18(24)17-15-22-26(23(31)16-17)27(30-21-12-6-5-11-20(21)29-22)19-10-8-14-25(33-2)28(19)34-3/h4-14,17,27,29-30H,15-16H2,1-3H3/t17-,27+/m1/s1. The number of ketones is 1. The SMILES string of the molecule is COc1ccccc1[C@H]1CC(=O)C2=C(C1)Nc1ccccc1N[C@H]2c1cccc(OC)c1OC. The summed E-state index contributed by atoms with van der Waals surface area (Å²) in [6.07, 6.45) is 1.10. The van der Waals surface area contributed by atoms with Crippen molar-refractivity contribution in [1.29, 1.82) is 0 Å². The lowest BCUT2D eigenvalue weighted by atomic mass is 9.78. The van der Waals surface area contributed by atoms with E-state index in [0.29, 0.717) is 24.3 Å². The van der Waals surface area contributed by atoms with Crippen molar-refractivity contribution in [2.75, 3.05) is 32.0 Å². The van der Waals surface area contributed by atoms with Gasteiger partial charge in [0, 0.05) is 29.2 Å². The van der Waals surface area contributed by atoms with Gasteiger partial charge < -0.3 is 24.8 Å². The van der Waals surface area contributed by atoms with Gasteiger partial charge in [-0.2, -0.15) is 0 Å². The maximum absolute atomic E-state index is 13.8. The van der Waals surface area contributed by atoms with Crippen molar-refractivity contribution >= 4 is 17.2 Å². The third-order valence-corrected chi connectivity index (χ3v) is 6.63. The molecule has 0 radical (unpaired) electrons. The molecule has 1 aliphatic heterocycles. The molecule has 0 spiro atoms. The van der Waals surface area contributed by atoms with E-state index in [-0.39, 0.29) is 17.7 Å². The van der Waals surface area contributed by atoms with Crippen LogP contribution in [0.15, 0.2) is 78.0 Å². The smallest absolute Gasteiger partial charge is 0.166 e. The Morgan fingerprint density at radius 3 is 2.18 bits per heavy atom. The highest BCUT2D eigenvalue weighted by Crippen LogP contribution is 2.48. The van der Waals surface area contributed by atoms with Crippen LogP contribution in [0, 0.1) is 0 Å². The molecule has 1 heterocycles. The molecule has 6 nitrogen and oxygen atoms in total. The Morgan fingerprint density at radius 1 is 0.735 bits per heavy atom. The Hall–Kier alpha value is -3.93. The molecule has 34 heavy (non-hydrogen) atoms. The summed E-state index contributed by atoms with van der Waals surface area (Å²) in [5.41, 5.74) is 5.42. The van der Waals surface area contributed by atoms with Crippen LogP contribution in [0.4, 0.5) is 11.4 Å². The summed E-state index contributed by atoms with van der Waals surface area (Å²) < 4.78 is 16.9. The predicted molar refractivity (Wildman–Crippen MR) is 133 cm³/mol. The van der Waals surface area contributed by atoms with Gasteiger partial charge in [-0.1, -0.05) is 42.5 Å². The maximum Gasteiger partial charge on any atom is 0.166 e. The third-order valence-electron chi connectivity index (χ3n) is 6.63. The van der Waals surface area contributed by atoms with Crippen LogP contribution in [0.1, 0.15) is 35.9 Å². The first kappa shape index (κ1) is 21.9. The van der Waals surface area contributed by atoms with Crippen molar-refractivity contribution < 1.29 is 19.0 Å². The fourth-order valence-electron chi connectivity index (χ4n) is 5.09. The molecular weight excluding hydrogens is 428 g/mol. The molecule has 0 fully saturated rings. The number of para-hydroxylation sites is 4. The zero-order valence-electron chi connectivity index (χ0n) is 19.6. The highest BCUT2D eigenvalue weighted by Gasteiger charge is 2.38. The number of anilines is 2. The van der Waals surface area contributed by atoms with Crippen LogP contribution in [0.2, 0.25) is 0 Å². The first-order chi connectivity index (χ1) is 16.6. The van der Waals surface area contributed by atoms with Crippen molar-refractivity contribution in [3.63, 3.8) is 0 Å². The number of hydrogen-bond donors (Lipinski definition) is 2. The monoisotopic (exact) mass is 456 g/mol. The van der Waals surface area contributed by atoms with E-state index >= 15 is 0 Å². The number of hydrogen-bond acceptors (Lipinski definition) is 6. The second kappa shape index (κ2) is 9.14. The predicted octanol–water partition coefficient (Wildman–Crippen LogP) is 5.69. The van der Waals surface area contributed by atoms with Gasteiger partial charge >= 0.3 is 0 Å². The zero-order chi connectivity index (χ0) is 23.7. The van der Waals surface area contributed by atoms with Gasteiger partial charge in [-0.05, 0) is 36.2 Å². The number of allylic oxidation sites excluding steroid dienone is 1. The molecule has 0 bridgehead atoms. The molecule has 6 heteroatoms. The summed E-state index contributed by atoms with van der Waals surface area (Å²) in [5, 5.41) is 7.19. The van der Waals surface area contributed by atoms with Gasteiger partial charge in [-0.25, -0.2) is 0 Å². The minimum atomic E-state index is -0.387. The minimum Gasteiger partial charge on any atom is -0.496 e. The molecule has 3 aromatic carbocycles. The quantitative estimate of drug-likeness (QED) is 0.514. The lowest BCUT2D eigenvalue weighted by Crippen LogP contribution is -2.27. The molecular formula is C28H28N2O4. The van der Waals surface area contributed by atoms with Crippen LogP contribution >= 0.6 is 0 Å². The molecule has 0 unspecified atom stereocenters. The van der Waals surface area contributed by atoms with Crippen molar-refractivity contribution in [3.8, 4) is 17.2 Å². The average Bonchev–Trinajstić information content (AvgIpc) is 3.04. The molecule has 2 N–H and O–H groups in total. The second-order valence-electron chi connectivity index (χ2n) is 8.49. The van der Waals surface area contributed by atoms with Crippen LogP contribution < -0.4 is 24.8 Å². The van der Waals surface area contributed by atoms with Gasteiger partial charge in [0.25, 0.3) is 0 Å². The largest absolute Gasteiger partial charge is 0.496 e. The molecule has 5 rings (SSSR count). The molecule has 174 valence electrons. The Labute approximate surface area is 199 Å². The normalized spacial score (nSPS) is 19.2. The molecule has 0 aromatic heterocycles. The van der Waals surface area contributed by atoms with E-state index in [9.17, 15) is 4.79 Å². The zero-order valence-corrected chi connectivity index (χ0v) is 19.6. The Bertz CT molecular complexity index is 1270. The van der Waals surface area contributed by atoms with Gasteiger partial charge in [0.05, 0.1) is 38.7 Å². The number of ether oxygens (including phenoxy) is 3. The molecule has 0 amide bonds. The van der Waals surface area contributed by atoms with Crippen molar-refractivity contribution in [3.05, 3.63) is 89.1 Å². The van der Waals surface area contributed by atoms with E-state index < -0.39 is 0 Å². The number of methoxy groups -OCH3 is 3. The Morgan fingerprint density at radius 2 is 1.41 bits per heavy atom. The Kier molecular flexibility index (Phi) is 5.88. The lowest BCUT2D eigenvalue weighted by Gasteiger charge is -2.31. The van der Waals surface area contributed by atoms with Gasteiger partial charge in [-0.3, -0.25) is 4.79 Å². The van der Waals surface area contributed by atoms with Crippen LogP contribution in [0.3, 0.4) is 0 Å². The molecule has 1 aliphatic carbocycles. The summed E-state index contributed by atoms with van der Waals surface area (Å²) in [6, 6.07) is 21.3. The molecule has 2 aliphatic rings. The van der Waals surface area contributed by atoms with Crippen molar-refractivity contribution in [2.45, 2.75) is 24.8 Å². The number of carbonyl (C=O) groups excluding carboxylic acids is 1. The van der Waals surface area contributed by atoms with E-state index in [4.69, 9.17) is 14.2 Å². The van der Waals surface area contributed by atoms with Crippen LogP contribution in [-0.4, -0.2) is 27.1 Å². The van der Waals surface area contributed by atoms with E-state index in [1.165, 1.54) is 0 Å². The summed E-state index contributed by atoms with van der Waals surface area (Å²) in [7, 11) is 4.91. The molecule has 0 saturated heterocycles. The summed E-state index contributed by atoms with van der Waals surface area (Å²) >= 11 is 0. The van der Waals surface area contributed by atoms with Gasteiger partial charge in [0.15, 0.2) is 17.3 Å². The fourth-order valence-corrected chi connectivity index (χ4v) is 5.09. The van der Waals surface area contributed by atoms with E-state index in [1.54, 1.807) is 21.3 Å². The second-order valence-corrected chi connectivity index (χ2v) is 8.49. The lowest BCUT2D eigenvalue weighted by molar-refractivity contribution is -0.116. The van der Waals surface area contributed by atoms with Crippen molar-refractivity contribution in [1.82, 2.24) is 0 Å². The number of nitrogens with one attached hydrogen (secondary N) is 2. The molecule has 2 atom stereocenters. The Balaban J connectivity index is 1.66. The van der Waals surface area contributed by atoms with E-state index in [1.807, 2.05) is 66.7 Å². The minimum absolute atomic E-state index is 0.0213. The average molecular weight is 457 g/mol. The first-order valence-corrected chi connectivity index (χ1v) is 11.4. The van der Waals surface area contributed by atoms with Crippen molar-refractivity contribution in [2.24, 2.45) is 0 Å². The topological polar surface area (TPSA) is 68.8 Å². The number of rotatable bonds is 5. The number of fused-ring (bicyclic) bond motifs is 1. The van der Waals surface area contributed by atoms with Gasteiger partial charge in [0.1, 0.15) is 5.75 Å². The van der Waals surface area contributed by atoms with Gasteiger partial charge in [0.2, 0.25) is 0 Å². The highest BCUT2D eigenvalue weighted by atomic mass is 16.5. The molecule has 0 saturated carbocycles. The fraction of sp³-hybridized carbons (Fsp3) is 0.250. The summed E-state index contributed by atoms with van der Waals surface area (Å²) in [5.74, 6) is 2.17.